The Morgan fingerprint density at radius 1 is 1.00 bits per heavy atom. The number of halogens is 1. The molecule has 1 unspecified atom stereocenters. The highest BCUT2D eigenvalue weighted by molar-refractivity contribution is 9.10. The monoisotopic (exact) mass is 486 g/mol. The zero-order valence-electron chi connectivity index (χ0n) is 16.6. The molecule has 8 heteroatoms. The van der Waals surface area contributed by atoms with Gasteiger partial charge in [0.25, 0.3) is 10.0 Å². The molecule has 0 heterocycles. The number of anilines is 1. The molecule has 0 spiro atoms. The van der Waals surface area contributed by atoms with E-state index in [1.54, 1.807) is 19.1 Å². The minimum atomic E-state index is -3.91. The molecule has 0 radical (unpaired) electrons. The number of nitrogens with one attached hydrogen (secondary N) is 1. The minimum absolute atomic E-state index is 0.0265. The summed E-state index contributed by atoms with van der Waals surface area (Å²) in [6, 6.07) is 12.1. The van der Waals surface area contributed by atoms with Gasteiger partial charge in [-0.25, -0.2) is 17.4 Å². The second-order valence-corrected chi connectivity index (χ2v) is 12.0. The molecule has 2 aromatic carbocycles. The first kappa shape index (κ1) is 22.9. The Labute approximate surface area is 177 Å². The van der Waals surface area contributed by atoms with Crippen LogP contribution in [-0.4, -0.2) is 24.9 Å². The second kappa shape index (κ2) is 8.97. The number of benzene rings is 2. The normalized spacial score (nSPS) is 14.1. The Kier molecular flexibility index (Phi) is 7.33. The maximum Gasteiger partial charge on any atom is 0.265 e. The van der Waals surface area contributed by atoms with Gasteiger partial charge in [-0.15, -0.1) is 0 Å². The molecule has 0 aliphatic heterocycles. The third kappa shape index (κ3) is 4.78. The van der Waals surface area contributed by atoms with E-state index in [1.807, 2.05) is 45.0 Å². The van der Waals surface area contributed by atoms with Gasteiger partial charge in [0.05, 0.1) is 24.8 Å². The van der Waals surface area contributed by atoms with Crippen LogP contribution in [0.5, 0.6) is 0 Å². The highest BCUT2D eigenvalue weighted by Crippen LogP contribution is 2.34. The SMILES string of the molecule is CCc1ccc(N(CC(C)C)S(=O)(=O)c2cccc(S(=N)(=O)CC)c2Br)cc1. The van der Waals surface area contributed by atoms with Crippen molar-refractivity contribution < 1.29 is 12.6 Å². The second-order valence-electron chi connectivity index (χ2n) is 6.98. The van der Waals surface area contributed by atoms with Crippen molar-refractivity contribution in [3.05, 3.63) is 52.5 Å². The first-order chi connectivity index (χ1) is 13.0. The van der Waals surface area contributed by atoms with E-state index in [-0.39, 0.29) is 25.9 Å². The van der Waals surface area contributed by atoms with Crippen molar-refractivity contribution in [1.82, 2.24) is 0 Å². The Morgan fingerprint density at radius 2 is 1.57 bits per heavy atom. The lowest BCUT2D eigenvalue weighted by atomic mass is 10.1. The molecule has 2 rings (SSSR count). The molecule has 0 bridgehead atoms. The third-order valence-corrected chi connectivity index (χ3v) is 9.50. The fraction of sp³-hybridized carbons (Fsp3) is 0.400. The smallest absolute Gasteiger partial charge is 0.265 e. The molecule has 1 N–H and O–H groups in total. The molecule has 0 aliphatic carbocycles. The van der Waals surface area contributed by atoms with E-state index < -0.39 is 19.8 Å². The van der Waals surface area contributed by atoms with Crippen LogP contribution in [0.4, 0.5) is 5.69 Å². The van der Waals surface area contributed by atoms with Crippen molar-refractivity contribution in [2.45, 2.75) is 43.9 Å². The van der Waals surface area contributed by atoms with E-state index in [2.05, 4.69) is 15.9 Å². The van der Waals surface area contributed by atoms with Gasteiger partial charge in [0, 0.05) is 12.3 Å². The molecular formula is C20H27BrN2O3S2. The van der Waals surface area contributed by atoms with E-state index in [0.717, 1.165) is 12.0 Å². The topological polar surface area (TPSA) is 78.3 Å². The Balaban J connectivity index is 2.64. The maximum atomic E-state index is 13.6. The van der Waals surface area contributed by atoms with Crippen LogP contribution in [0.25, 0.3) is 0 Å². The lowest BCUT2D eigenvalue weighted by Gasteiger charge is -2.27. The molecule has 28 heavy (non-hydrogen) atoms. The molecule has 0 saturated heterocycles. The lowest BCUT2D eigenvalue weighted by molar-refractivity contribution is 0.577. The van der Waals surface area contributed by atoms with E-state index >= 15 is 0 Å². The molecular weight excluding hydrogens is 460 g/mol. The largest absolute Gasteiger partial charge is 0.266 e. The first-order valence-corrected chi connectivity index (χ1v) is 13.2. The predicted octanol–water partition coefficient (Wildman–Crippen LogP) is 5.29. The van der Waals surface area contributed by atoms with Gasteiger partial charge in [-0.1, -0.05) is 45.9 Å². The highest BCUT2D eigenvalue weighted by Gasteiger charge is 2.29. The zero-order chi connectivity index (χ0) is 21.1. The van der Waals surface area contributed by atoms with Crippen molar-refractivity contribution >= 4 is 41.4 Å². The molecule has 2 aromatic rings. The van der Waals surface area contributed by atoms with Gasteiger partial charge in [-0.05, 0) is 58.1 Å². The molecule has 0 fully saturated rings. The minimum Gasteiger partial charge on any atom is -0.266 e. The van der Waals surface area contributed by atoms with Gasteiger partial charge >= 0.3 is 0 Å². The Morgan fingerprint density at radius 3 is 2.07 bits per heavy atom. The number of nitrogens with zero attached hydrogens (tertiary/aromatic N) is 1. The van der Waals surface area contributed by atoms with Crippen molar-refractivity contribution in [1.29, 1.82) is 4.78 Å². The Hall–Kier alpha value is -1.38. The standard InChI is InChI=1S/C20H27BrN2O3S2/c1-5-16-10-12-17(13-11-16)23(14-15(3)4)28(25,26)19-9-7-8-18(20(19)21)27(22,24)6-2/h7-13,15,22H,5-6,14H2,1-4H3. The predicted molar refractivity (Wildman–Crippen MR) is 119 cm³/mol. The van der Waals surface area contributed by atoms with Gasteiger partial charge in [-0.2, -0.15) is 0 Å². The summed E-state index contributed by atoms with van der Waals surface area (Å²) in [5.41, 5.74) is 1.72. The summed E-state index contributed by atoms with van der Waals surface area (Å²) in [5.74, 6) is 0.224. The average molecular weight is 487 g/mol. The van der Waals surface area contributed by atoms with Crippen molar-refractivity contribution in [3.63, 3.8) is 0 Å². The lowest BCUT2D eigenvalue weighted by Crippen LogP contribution is -2.34. The van der Waals surface area contributed by atoms with Gasteiger partial charge in [0.1, 0.15) is 4.90 Å². The summed E-state index contributed by atoms with van der Waals surface area (Å²) in [6.45, 7) is 7.94. The van der Waals surface area contributed by atoms with Crippen molar-refractivity contribution in [3.8, 4) is 0 Å². The summed E-state index contributed by atoms with van der Waals surface area (Å²) in [5, 5.41) is 0. The van der Waals surface area contributed by atoms with Crippen molar-refractivity contribution in [2.75, 3.05) is 16.6 Å². The van der Waals surface area contributed by atoms with Crippen LogP contribution in [0.15, 0.2) is 56.7 Å². The van der Waals surface area contributed by atoms with Crippen LogP contribution in [0.1, 0.15) is 33.3 Å². The maximum absolute atomic E-state index is 13.6. The number of aryl methyl sites for hydroxylation is 1. The molecule has 5 nitrogen and oxygen atoms in total. The zero-order valence-corrected chi connectivity index (χ0v) is 19.8. The van der Waals surface area contributed by atoms with Gasteiger partial charge < -0.3 is 0 Å². The summed E-state index contributed by atoms with van der Waals surface area (Å²) in [6.07, 6.45) is 0.875. The average Bonchev–Trinajstić information content (AvgIpc) is 2.65. The first-order valence-electron chi connectivity index (χ1n) is 9.21. The van der Waals surface area contributed by atoms with Gasteiger partial charge in [0.15, 0.2) is 0 Å². The number of hydrogen-bond acceptors (Lipinski definition) is 4. The highest BCUT2D eigenvalue weighted by atomic mass is 79.9. The van der Waals surface area contributed by atoms with Crippen LogP contribution in [0, 0.1) is 10.7 Å². The van der Waals surface area contributed by atoms with E-state index in [4.69, 9.17) is 4.78 Å². The molecule has 154 valence electrons. The number of hydrogen-bond donors (Lipinski definition) is 1. The third-order valence-electron chi connectivity index (χ3n) is 4.42. The molecule has 0 amide bonds. The summed E-state index contributed by atoms with van der Waals surface area (Å²) in [4.78, 5) is 0.237. The van der Waals surface area contributed by atoms with Gasteiger partial charge in [0.2, 0.25) is 0 Å². The summed E-state index contributed by atoms with van der Waals surface area (Å²) in [7, 11) is -6.98. The number of sulfonamides is 1. The van der Waals surface area contributed by atoms with Crippen LogP contribution < -0.4 is 4.31 Å². The van der Waals surface area contributed by atoms with Crippen LogP contribution >= 0.6 is 15.9 Å². The van der Waals surface area contributed by atoms with Crippen molar-refractivity contribution in [2.24, 2.45) is 5.92 Å². The van der Waals surface area contributed by atoms with Crippen LogP contribution in [0.2, 0.25) is 0 Å². The van der Waals surface area contributed by atoms with E-state index in [1.165, 1.54) is 10.4 Å². The fourth-order valence-electron chi connectivity index (χ4n) is 2.79. The quantitative estimate of drug-likeness (QED) is 0.550. The molecule has 1 atom stereocenters. The number of rotatable bonds is 8. The van der Waals surface area contributed by atoms with Gasteiger partial charge in [-0.3, -0.25) is 4.31 Å². The summed E-state index contributed by atoms with van der Waals surface area (Å²) >= 11 is 3.32. The van der Waals surface area contributed by atoms with Crippen LogP contribution in [-0.2, 0) is 26.2 Å². The molecule has 0 aromatic heterocycles. The summed E-state index contributed by atoms with van der Waals surface area (Å²) < 4.78 is 49.3. The molecule has 0 saturated carbocycles. The van der Waals surface area contributed by atoms with E-state index in [9.17, 15) is 12.6 Å². The Bertz CT molecular complexity index is 1030. The fourth-order valence-corrected chi connectivity index (χ4v) is 7.24. The molecule has 0 aliphatic rings. The van der Waals surface area contributed by atoms with Crippen LogP contribution in [0.3, 0.4) is 0 Å². The van der Waals surface area contributed by atoms with E-state index in [0.29, 0.717) is 12.2 Å².